The van der Waals surface area contributed by atoms with Gasteiger partial charge in [-0.1, -0.05) is 13.3 Å². The van der Waals surface area contributed by atoms with Crippen LogP contribution < -0.4 is 25.7 Å². The number of unbranched alkanes of at least 4 members (excludes halogenated alkanes) is 1. The highest BCUT2D eigenvalue weighted by atomic mass is 16.5. The third-order valence-electron chi connectivity index (χ3n) is 4.67. The number of amides is 1. The molecule has 166 valence electrons. The second-order valence-corrected chi connectivity index (χ2v) is 8.30. The number of aromatic nitrogens is 1. The lowest BCUT2D eigenvalue weighted by Crippen LogP contribution is -2.43. The summed E-state index contributed by atoms with van der Waals surface area (Å²) in [5.41, 5.74) is -0.0145. The van der Waals surface area contributed by atoms with Crippen LogP contribution in [-0.2, 0) is 6.54 Å². The van der Waals surface area contributed by atoms with Gasteiger partial charge < -0.3 is 24.7 Å². The molecule has 2 aromatic rings. The zero-order valence-corrected chi connectivity index (χ0v) is 19.1. The lowest BCUT2D eigenvalue weighted by atomic mass is 10.1. The number of aryl methyl sites for hydroxylation is 1. The first kappa shape index (κ1) is 23.7. The van der Waals surface area contributed by atoms with Crippen molar-refractivity contribution in [1.29, 1.82) is 0 Å². The van der Waals surface area contributed by atoms with Crippen LogP contribution >= 0.6 is 0 Å². The molecule has 0 radical (unpaired) electrons. The number of hydrogen-bond acceptors (Lipinski definition) is 5. The average molecular weight is 418 g/mol. The van der Waals surface area contributed by atoms with Gasteiger partial charge in [-0.05, 0) is 58.9 Å². The number of rotatable bonds is 10. The lowest BCUT2D eigenvalue weighted by molar-refractivity contribution is 0.0917. The molecule has 1 heterocycles. The number of nitrogens with one attached hydrogen (secondary N) is 2. The molecule has 0 aliphatic carbocycles. The zero-order valence-electron chi connectivity index (χ0n) is 19.1. The maximum absolute atomic E-state index is 13.1. The van der Waals surface area contributed by atoms with Crippen molar-refractivity contribution in [2.24, 2.45) is 0 Å². The van der Waals surface area contributed by atoms with E-state index in [0.717, 1.165) is 24.8 Å². The molecule has 7 heteroatoms. The summed E-state index contributed by atoms with van der Waals surface area (Å²) in [6.07, 6.45) is 2.26. The fourth-order valence-electron chi connectivity index (χ4n) is 3.25. The predicted molar refractivity (Wildman–Crippen MR) is 121 cm³/mol. The minimum atomic E-state index is -0.436. The van der Waals surface area contributed by atoms with Gasteiger partial charge in [-0.3, -0.25) is 9.59 Å². The van der Waals surface area contributed by atoms with Crippen LogP contribution in [0.4, 0.5) is 0 Å². The first-order valence-electron chi connectivity index (χ1n) is 10.6. The molecule has 1 aromatic heterocycles. The summed E-state index contributed by atoms with van der Waals surface area (Å²) in [7, 11) is 1.58. The van der Waals surface area contributed by atoms with Crippen molar-refractivity contribution < 1.29 is 14.3 Å². The molecule has 7 nitrogen and oxygen atoms in total. The first-order valence-corrected chi connectivity index (χ1v) is 10.6. The summed E-state index contributed by atoms with van der Waals surface area (Å²) in [4.78, 5) is 25.8. The van der Waals surface area contributed by atoms with Gasteiger partial charge in [-0.15, -0.1) is 0 Å². The molecular weight excluding hydrogens is 382 g/mol. The fourth-order valence-corrected chi connectivity index (χ4v) is 3.25. The Kier molecular flexibility index (Phi) is 8.29. The number of carbonyl (C=O) groups excluding carboxylic acids is 1. The molecule has 1 aromatic carbocycles. The standard InChI is InChI=1S/C23H35N3O4/c1-7-9-12-24-13-14-30-20-18(29-6)11-10-16-15-17(21(27)25-23(3,4)5)22(28)26(8-2)19(16)20/h10-11,15,24H,7-9,12-14H2,1-6H3,(H,25,27). The van der Waals surface area contributed by atoms with Crippen LogP contribution in [0.1, 0.15) is 57.8 Å². The van der Waals surface area contributed by atoms with E-state index in [0.29, 0.717) is 36.7 Å². The number of hydrogen-bond donors (Lipinski definition) is 2. The third-order valence-corrected chi connectivity index (χ3v) is 4.67. The number of carbonyl (C=O) groups is 1. The number of pyridine rings is 1. The van der Waals surface area contributed by atoms with E-state index in [1.165, 1.54) is 0 Å². The van der Waals surface area contributed by atoms with Gasteiger partial charge in [0.2, 0.25) is 0 Å². The largest absolute Gasteiger partial charge is 0.493 e. The molecule has 0 atom stereocenters. The summed E-state index contributed by atoms with van der Waals surface area (Å²) in [6, 6.07) is 5.29. The third kappa shape index (κ3) is 5.75. The lowest BCUT2D eigenvalue weighted by Gasteiger charge is -2.21. The molecule has 2 N–H and O–H groups in total. The topological polar surface area (TPSA) is 81.6 Å². The highest BCUT2D eigenvalue weighted by Gasteiger charge is 2.22. The van der Waals surface area contributed by atoms with Crippen molar-refractivity contribution >= 4 is 16.8 Å². The van der Waals surface area contributed by atoms with Gasteiger partial charge in [0, 0.05) is 24.0 Å². The number of fused-ring (bicyclic) bond motifs is 1. The Bertz CT molecular complexity index is 929. The van der Waals surface area contributed by atoms with Crippen LogP contribution in [0.15, 0.2) is 23.0 Å². The van der Waals surface area contributed by atoms with E-state index in [1.54, 1.807) is 23.8 Å². The van der Waals surface area contributed by atoms with Crippen molar-refractivity contribution in [2.45, 2.75) is 59.5 Å². The van der Waals surface area contributed by atoms with Gasteiger partial charge in [0.25, 0.3) is 11.5 Å². The molecule has 0 saturated heterocycles. The van der Waals surface area contributed by atoms with Gasteiger partial charge in [0.05, 0.1) is 12.6 Å². The molecular formula is C23H35N3O4. The van der Waals surface area contributed by atoms with Gasteiger partial charge in [0.15, 0.2) is 11.5 Å². The van der Waals surface area contributed by atoms with Crippen LogP contribution in [0.3, 0.4) is 0 Å². The van der Waals surface area contributed by atoms with Crippen molar-refractivity contribution in [3.05, 3.63) is 34.1 Å². The molecule has 0 aliphatic heterocycles. The van der Waals surface area contributed by atoms with Crippen molar-refractivity contribution in [2.75, 3.05) is 26.8 Å². The van der Waals surface area contributed by atoms with Gasteiger partial charge in [-0.2, -0.15) is 0 Å². The predicted octanol–water partition coefficient (Wildman–Crippen LogP) is 3.33. The number of benzene rings is 1. The van der Waals surface area contributed by atoms with E-state index >= 15 is 0 Å². The summed E-state index contributed by atoms with van der Waals surface area (Å²) in [6.45, 7) is 12.2. The molecule has 0 aliphatic rings. The Morgan fingerprint density at radius 3 is 2.50 bits per heavy atom. The van der Waals surface area contributed by atoms with Crippen LogP contribution in [0.5, 0.6) is 11.5 Å². The minimum Gasteiger partial charge on any atom is -0.493 e. The number of methoxy groups -OCH3 is 1. The average Bonchev–Trinajstić information content (AvgIpc) is 2.68. The van der Waals surface area contributed by atoms with E-state index in [1.807, 2.05) is 33.8 Å². The Labute approximate surface area is 178 Å². The van der Waals surface area contributed by atoms with Gasteiger partial charge in [-0.25, -0.2) is 0 Å². The maximum atomic E-state index is 13.1. The number of nitrogens with zero attached hydrogens (tertiary/aromatic N) is 1. The molecule has 2 rings (SSSR count). The second-order valence-electron chi connectivity index (χ2n) is 8.30. The Balaban J connectivity index is 2.47. The molecule has 0 saturated carbocycles. The van der Waals surface area contributed by atoms with E-state index in [4.69, 9.17) is 9.47 Å². The quantitative estimate of drug-likeness (QED) is 0.580. The molecule has 0 unspecified atom stereocenters. The monoisotopic (exact) mass is 417 g/mol. The van der Waals surface area contributed by atoms with Crippen LogP contribution in [0.2, 0.25) is 0 Å². The second kappa shape index (κ2) is 10.5. The summed E-state index contributed by atoms with van der Waals surface area (Å²) in [5, 5.41) is 6.97. The summed E-state index contributed by atoms with van der Waals surface area (Å²) in [5.74, 6) is 0.702. The van der Waals surface area contributed by atoms with E-state index in [9.17, 15) is 9.59 Å². The van der Waals surface area contributed by atoms with Gasteiger partial charge >= 0.3 is 0 Å². The van der Waals surface area contributed by atoms with E-state index in [-0.39, 0.29) is 17.0 Å². The summed E-state index contributed by atoms with van der Waals surface area (Å²) >= 11 is 0. The normalized spacial score (nSPS) is 11.5. The van der Waals surface area contributed by atoms with Gasteiger partial charge in [0.1, 0.15) is 12.2 Å². The minimum absolute atomic E-state index is 0.122. The van der Waals surface area contributed by atoms with E-state index < -0.39 is 5.54 Å². The Morgan fingerprint density at radius 1 is 1.17 bits per heavy atom. The van der Waals surface area contributed by atoms with Crippen molar-refractivity contribution in [1.82, 2.24) is 15.2 Å². The van der Waals surface area contributed by atoms with Crippen molar-refractivity contribution in [3.63, 3.8) is 0 Å². The van der Waals surface area contributed by atoms with Crippen molar-refractivity contribution in [3.8, 4) is 11.5 Å². The number of ether oxygens (including phenoxy) is 2. The maximum Gasteiger partial charge on any atom is 0.263 e. The molecule has 1 amide bonds. The highest BCUT2D eigenvalue weighted by Crippen LogP contribution is 2.35. The summed E-state index contributed by atoms with van der Waals surface area (Å²) < 4.78 is 13.1. The van der Waals surface area contributed by atoms with Crippen LogP contribution in [-0.4, -0.2) is 42.8 Å². The Morgan fingerprint density at radius 2 is 1.90 bits per heavy atom. The smallest absolute Gasteiger partial charge is 0.263 e. The molecule has 0 spiro atoms. The zero-order chi connectivity index (χ0) is 22.3. The SMILES string of the molecule is CCCCNCCOc1c(OC)ccc2cc(C(=O)NC(C)(C)C)c(=O)n(CC)c12. The fraction of sp³-hybridized carbons (Fsp3) is 0.565. The molecule has 0 fully saturated rings. The Hall–Kier alpha value is -2.54. The van der Waals surface area contributed by atoms with E-state index in [2.05, 4.69) is 17.6 Å². The first-order chi connectivity index (χ1) is 14.2. The molecule has 0 bridgehead atoms. The van der Waals surface area contributed by atoms with Crippen LogP contribution in [0.25, 0.3) is 10.9 Å². The molecule has 30 heavy (non-hydrogen) atoms. The highest BCUT2D eigenvalue weighted by molar-refractivity contribution is 5.99. The van der Waals surface area contributed by atoms with Crippen LogP contribution in [0, 0.1) is 0 Å².